The SMILES string of the molecule is CC(C)(C)c1ccc(-c2nc3s/c(=C4\C(=O)N(Cc5ccccc5Cl)c5ccccc54)c(=O)n3n2)cc1. The van der Waals surface area contributed by atoms with Crippen LogP contribution in [0.4, 0.5) is 5.69 Å². The van der Waals surface area contributed by atoms with Crippen LogP contribution in [-0.4, -0.2) is 20.5 Å². The maximum absolute atomic E-state index is 13.7. The number of para-hydroxylation sites is 1. The highest BCUT2D eigenvalue weighted by molar-refractivity contribution is 7.15. The normalized spacial score (nSPS) is 15.0. The fourth-order valence-electron chi connectivity index (χ4n) is 4.58. The minimum absolute atomic E-state index is 0.0403. The van der Waals surface area contributed by atoms with E-state index in [1.807, 2.05) is 54.6 Å². The van der Waals surface area contributed by atoms with Gasteiger partial charge in [0.25, 0.3) is 11.5 Å². The van der Waals surface area contributed by atoms with Crippen LogP contribution in [0.1, 0.15) is 37.5 Å². The highest BCUT2D eigenvalue weighted by atomic mass is 35.5. The third-order valence-corrected chi connectivity index (χ3v) is 8.00. The number of hydrogen-bond acceptors (Lipinski definition) is 5. The second kappa shape index (κ2) is 8.64. The first-order valence-electron chi connectivity index (χ1n) is 11.9. The molecule has 0 radical (unpaired) electrons. The Labute approximate surface area is 222 Å². The molecule has 0 fully saturated rings. The second-order valence-corrected chi connectivity index (χ2v) is 11.5. The van der Waals surface area contributed by atoms with E-state index >= 15 is 0 Å². The van der Waals surface area contributed by atoms with Gasteiger partial charge in [-0.15, -0.1) is 5.10 Å². The lowest BCUT2D eigenvalue weighted by molar-refractivity contribution is -0.113. The van der Waals surface area contributed by atoms with Gasteiger partial charge in [-0.05, 0) is 28.7 Å². The molecule has 3 aromatic carbocycles. The summed E-state index contributed by atoms with van der Waals surface area (Å²) in [6.07, 6.45) is 0. The van der Waals surface area contributed by atoms with E-state index in [9.17, 15) is 9.59 Å². The monoisotopic (exact) mass is 526 g/mol. The topological polar surface area (TPSA) is 67.6 Å². The number of carbonyl (C=O) groups is 1. The van der Waals surface area contributed by atoms with Gasteiger partial charge in [-0.2, -0.15) is 9.50 Å². The Hall–Kier alpha value is -3.81. The number of halogens is 1. The average Bonchev–Trinajstić information content (AvgIpc) is 3.51. The van der Waals surface area contributed by atoms with Crippen LogP contribution >= 0.6 is 22.9 Å². The van der Waals surface area contributed by atoms with E-state index in [0.717, 1.165) is 22.4 Å². The van der Waals surface area contributed by atoms with Gasteiger partial charge in [-0.3, -0.25) is 9.59 Å². The molecule has 0 atom stereocenters. The zero-order chi connectivity index (χ0) is 25.9. The number of rotatable bonds is 3. The summed E-state index contributed by atoms with van der Waals surface area (Å²) in [6, 6.07) is 23.0. The number of thiazole rings is 1. The van der Waals surface area contributed by atoms with Crippen LogP contribution in [0.2, 0.25) is 5.02 Å². The maximum atomic E-state index is 13.7. The minimum atomic E-state index is -0.345. The summed E-state index contributed by atoms with van der Waals surface area (Å²) in [5.74, 6) is 0.250. The van der Waals surface area contributed by atoms with Gasteiger partial charge in [0.15, 0.2) is 5.82 Å². The quantitative estimate of drug-likeness (QED) is 0.323. The molecule has 0 bridgehead atoms. The molecule has 8 heteroatoms. The number of hydrogen-bond donors (Lipinski definition) is 0. The molecule has 0 N–H and O–H groups in total. The lowest BCUT2D eigenvalue weighted by Crippen LogP contribution is -2.32. The summed E-state index contributed by atoms with van der Waals surface area (Å²) in [6.45, 7) is 6.79. The summed E-state index contributed by atoms with van der Waals surface area (Å²) < 4.78 is 1.64. The highest BCUT2D eigenvalue weighted by Gasteiger charge is 2.34. The molecule has 1 aliphatic heterocycles. The molecular formula is C29H23ClN4O2S. The van der Waals surface area contributed by atoms with E-state index in [2.05, 4.69) is 43.0 Å². The average molecular weight is 527 g/mol. The fourth-order valence-corrected chi connectivity index (χ4v) is 5.77. The lowest BCUT2D eigenvalue weighted by atomic mass is 9.87. The van der Waals surface area contributed by atoms with Crippen molar-refractivity contribution >= 4 is 45.1 Å². The van der Waals surface area contributed by atoms with Gasteiger partial charge >= 0.3 is 0 Å². The van der Waals surface area contributed by atoms with Crippen molar-refractivity contribution in [2.75, 3.05) is 4.90 Å². The molecule has 5 aromatic rings. The molecule has 3 heterocycles. The first-order chi connectivity index (χ1) is 17.7. The molecule has 0 aliphatic carbocycles. The number of anilines is 1. The zero-order valence-electron chi connectivity index (χ0n) is 20.5. The molecule has 6 nitrogen and oxygen atoms in total. The third kappa shape index (κ3) is 3.95. The van der Waals surface area contributed by atoms with Crippen molar-refractivity contribution < 1.29 is 4.79 Å². The largest absolute Gasteiger partial charge is 0.303 e. The smallest absolute Gasteiger partial charge is 0.291 e. The highest BCUT2D eigenvalue weighted by Crippen LogP contribution is 2.37. The molecule has 0 unspecified atom stereocenters. The second-order valence-electron chi connectivity index (χ2n) is 10.1. The van der Waals surface area contributed by atoms with Crippen LogP contribution < -0.4 is 15.0 Å². The van der Waals surface area contributed by atoms with E-state index in [0.29, 0.717) is 32.5 Å². The molecule has 6 rings (SSSR count). The number of fused-ring (bicyclic) bond motifs is 2. The number of carbonyl (C=O) groups excluding carboxylic acids is 1. The van der Waals surface area contributed by atoms with E-state index in [1.165, 1.54) is 21.4 Å². The lowest BCUT2D eigenvalue weighted by Gasteiger charge is -2.18. The Morgan fingerprint density at radius 3 is 2.32 bits per heavy atom. The zero-order valence-corrected chi connectivity index (χ0v) is 22.1. The Kier molecular flexibility index (Phi) is 5.51. The fraction of sp³-hybridized carbons (Fsp3) is 0.172. The van der Waals surface area contributed by atoms with Crippen LogP contribution in [0.25, 0.3) is 21.9 Å². The predicted octanol–water partition coefficient (Wildman–Crippen LogP) is 5.23. The molecule has 1 aliphatic rings. The van der Waals surface area contributed by atoms with Crippen molar-refractivity contribution in [2.45, 2.75) is 32.7 Å². The molecule has 0 saturated carbocycles. The number of amides is 1. The van der Waals surface area contributed by atoms with Crippen molar-refractivity contribution in [3.05, 3.63) is 109 Å². The van der Waals surface area contributed by atoms with E-state index in [1.54, 1.807) is 11.0 Å². The Balaban J connectivity index is 1.44. The summed E-state index contributed by atoms with van der Waals surface area (Å²) >= 11 is 7.57. The molecule has 184 valence electrons. The summed E-state index contributed by atoms with van der Waals surface area (Å²) in [5.41, 5.74) is 4.42. The van der Waals surface area contributed by atoms with Gasteiger partial charge in [-0.25, -0.2) is 0 Å². The van der Waals surface area contributed by atoms with Crippen molar-refractivity contribution in [3.63, 3.8) is 0 Å². The minimum Gasteiger partial charge on any atom is -0.303 e. The summed E-state index contributed by atoms with van der Waals surface area (Å²) in [4.78, 5) is 33.9. The van der Waals surface area contributed by atoms with Gasteiger partial charge in [0, 0.05) is 16.1 Å². The summed E-state index contributed by atoms with van der Waals surface area (Å²) in [5, 5.41) is 5.08. The van der Waals surface area contributed by atoms with Crippen LogP contribution in [0, 0.1) is 0 Å². The van der Waals surface area contributed by atoms with Gasteiger partial charge in [0.1, 0.15) is 4.53 Å². The van der Waals surface area contributed by atoms with Gasteiger partial charge in [-0.1, -0.05) is 104 Å². The molecule has 0 saturated heterocycles. The number of benzene rings is 3. The first kappa shape index (κ1) is 23.6. The Morgan fingerprint density at radius 1 is 0.919 bits per heavy atom. The molecule has 0 spiro atoms. The van der Waals surface area contributed by atoms with Crippen molar-refractivity contribution in [3.8, 4) is 11.4 Å². The summed E-state index contributed by atoms with van der Waals surface area (Å²) in [7, 11) is 0. The number of aromatic nitrogens is 3. The Morgan fingerprint density at radius 2 is 1.62 bits per heavy atom. The number of nitrogens with zero attached hydrogens (tertiary/aromatic N) is 4. The van der Waals surface area contributed by atoms with E-state index in [4.69, 9.17) is 11.6 Å². The molecule has 37 heavy (non-hydrogen) atoms. The molecular weight excluding hydrogens is 504 g/mol. The maximum Gasteiger partial charge on any atom is 0.291 e. The van der Waals surface area contributed by atoms with Crippen molar-refractivity contribution in [1.82, 2.24) is 14.6 Å². The van der Waals surface area contributed by atoms with Gasteiger partial charge in [0.05, 0.1) is 17.8 Å². The first-order valence-corrected chi connectivity index (χ1v) is 13.1. The standard InChI is InChI=1S/C29H23ClN4O2S/c1-29(2,3)19-14-12-17(13-15-19)25-31-28-34(32-25)27(36)24(37-28)23-20-9-5-7-11-22(20)33(26(23)35)16-18-8-4-6-10-21(18)30/h4-15H,16H2,1-3H3/b24-23-. The van der Waals surface area contributed by atoms with Crippen molar-refractivity contribution in [1.29, 1.82) is 0 Å². The van der Waals surface area contributed by atoms with Gasteiger partial charge in [0.2, 0.25) is 4.96 Å². The van der Waals surface area contributed by atoms with Crippen molar-refractivity contribution in [2.24, 2.45) is 0 Å². The van der Waals surface area contributed by atoms with Crippen LogP contribution in [0.15, 0.2) is 77.6 Å². The molecule has 2 aromatic heterocycles. The Bertz CT molecular complexity index is 1800. The van der Waals surface area contributed by atoms with Crippen LogP contribution in [-0.2, 0) is 16.8 Å². The predicted molar refractivity (Wildman–Crippen MR) is 148 cm³/mol. The van der Waals surface area contributed by atoms with E-state index in [-0.39, 0.29) is 16.9 Å². The molecule has 1 amide bonds. The van der Waals surface area contributed by atoms with Crippen LogP contribution in [0.3, 0.4) is 0 Å². The third-order valence-electron chi connectivity index (χ3n) is 6.60. The van der Waals surface area contributed by atoms with Gasteiger partial charge < -0.3 is 4.90 Å². The van der Waals surface area contributed by atoms with Crippen LogP contribution in [0.5, 0.6) is 0 Å². The van der Waals surface area contributed by atoms with E-state index < -0.39 is 0 Å².